The van der Waals surface area contributed by atoms with Gasteiger partial charge in [0.2, 0.25) is 11.0 Å². The lowest BCUT2D eigenvalue weighted by Gasteiger charge is -2.11. The second-order valence-corrected chi connectivity index (χ2v) is 4.28. The van der Waals surface area contributed by atoms with Gasteiger partial charge in [-0.2, -0.15) is 0 Å². The van der Waals surface area contributed by atoms with E-state index < -0.39 is 6.10 Å². The van der Waals surface area contributed by atoms with Crippen LogP contribution in [0.4, 0.5) is 0 Å². The fourth-order valence-electron chi connectivity index (χ4n) is 1.37. The van der Waals surface area contributed by atoms with Crippen molar-refractivity contribution < 1.29 is 14.3 Å². The summed E-state index contributed by atoms with van der Waals surface area (Å²) in [6.45, 7) is 1.65. The van der Waals surface area contributed by atoms with Crippen molar-refractivity contribution in [3.05, 3.63) is 48.7 Å². The van der Waals surface area contributed by atoms with Gasteiger partial charge in [-0.25, -0.2) is 4.98 Å². The summed E-state index contributed by atoms with van der Waals surface area (Å²) in [7, 11) is 0. The Labute approximate surface area is 116 Å². The van der Waals surface area contributed by atoms with Crippen molar-refractivity contribution in [2.45, 2.75) is 13.0 Å². The second kappa shape index (κ2) is 6.24. The molecule has 0 saturated carbocycles. The van der Waals surface area contributed by atoms with E-state index in [1.807, 2.05) is 12.1 Å². The molecule has 0 spiro atoms. The zero-order valence-electron chi connectivity index (χ0n) is 10.3. The van der Waals surface area contributed by atoms with Crippen LogP contribution in [-0.2, 0) is 4.79 Å². The van der Waals surface area contributed by atoms with Gasteiger partial charge in [0.05, 0.1) is 0 Å². The summed E-state index contributed by atoms with van der Waals surface area (Å²) in [5.41, 5.74) is 0. The summed E-state index contributed by atoms with van der Waals surface area (Å²) in [4.78, 5) is 15.0. The van der Waals surface area contributed by atoms with Crippen LogP contribution >= 0.6 is 12.6 Å². The first kappa shape index (κ1) is 13.4. The molecule has 0 aliphatic carbocycles. The van der Waals surface area contributed by atoms with Crippen LogP contribution in [0.1, 0.15) is 6.92 Å². The molecular weight excluding hydrogens is 262 g/mol. The van der Waals surface area contributed by atoms with Crippen LogP contribution < -0.4 is 9.47 Å². The summed E-state index contributed by atoms with van der Waals surface area (Å²) in [6, 6.07) is 12.4. The first-order valence-electron chi connectivity index (χ1n) is 5.73. The number of rotatable bonds is 5. The van der Waals surface area contributed by atoms with Crippen LogP contribution in [0, 0.1) is 0 Å². The number of ether oxygens (including phenoxy) is 2. The fourth-order valence-corrected chi connectivity index (χ4v) is 1.42. The van der Waals surface area contributed by atoms with Crippen molar-refractivity contribution in [1.82, 2.24) is 4.98 Å². The molecule has 0 aliphatic rings. The summed E-state index contributed by atoms with van der Waals surface area (Å²) in [5, 5.41) is -0.311. The fraction of sp³-hybridized carbons (Fsp3) is 0.143. The Hall–Kier alpha value is -2.01. The van der Waals surface area contributed by atoms with E-state index >= 15 is 0 Å². The van der Waals surface area contributed by atoms with E-state index in [0.29, 0.717) is 17.4 Å². The van der Waals surface area contributed by atoms with Crippen LogP contribution in [0.15, 0.2) is 48.7 Å². The Balaban J connectivity index is 2.01. The number of nitrogens with zero attached hydrogens (tertiary/aromatic N) is 1. The largest absolute Gasteiger partial charge is 0.482 e. The van der Waals surface area contributed by atoms with Crippen molar-refractivity contribution in [2.75, 3.05) is 0 Å². The highest BCUT2D eigenvalue weighted by molar-refractivity contribution is 7.96. The average molecular weight is 275 g/mol. The molecule has 2 aromatic rings. The van der Waals surface area contributed by atoms with Crippen LogP contribution in [0.5, 0.6) is 17.4 Å². The summed E-state index contributed by atoms with van der Waals surface area (Å²) in [5.74, 6) is 1.76. The SMILES string of the molecule is CC(Oc1ccc(Oc2ccccn2)cc1)C(=O)S. The maximum absolute atomic E-state index is 11.0. The Morgan fingerprint density at radius 1 is 1.16 bits per heavy atom. The number of aromatic nitrogens is 1. The molecule has 2 rings (SSSR count). The third kappa shape index (κ3) is 3.99. The molecule has 0 saturated heterocycles. The lowest BCUT2D eigenvalue weighted by atomic mass is 10.3. The maximum Gasteiger partial charge on any atom is 0.226 e. The van der Waals surface area contributed by atoms with Gasteiger partial charge in [-0.3, -0.25) is 4.79 Å². The molecule has 1 aromatic carbocycles. The first-order valence-corrected chi connectivity index (χ1v) is 6.18. The molecule has 1 unspecified atom stereocenters. The molecular formula is C14H13NO3S. The molecule has 1 atom stereocenters. The van der Waals surface area contributed by atoms with Gasteiger partial charge in [0, 0.05) is 12.3 Å². The van der Waals surface area contributed by atoms with E-state index in [0.717, 1.165) is 0 Å². The second-order valence-electron chi connectivity index (χ2n) is 3.84. The van der Waals surface area contributed by atoms with Gasteiger partial charge in [-0.1, -0.05) is 6.07 Å². The molecule has 19 heavy (non-hydrogen) atoms. The van der Waals surface area contributed by atoms with Gasteiger partial charge in [0.25, 0.3) is 0 Å². The zero-order chi connectivity index (χ0) is 13.7. The third-order valence-corrected chi connectivity index (χ3v) is 2.71. The Bertz CT molecular complexity index is 542. The Morgan fingerprint density at radius 3 is 2.42 bits per heavy atom. The maximum atomic E-state index is 11.0. The molecule has 4 nitrogen and oxygen atoms in total. The first-order chi connectivity index (χ1) is 9.15. The Morgan fingerprint density at radius 2 is 1.84 bits per heavy atom. The molecule has 98 valence electrons. The van der Waals surface area contributed by atoms with Gasteiger partial charge in [-0.15, -0.1) is 12.6 Å². The molecule has 1 heterocycles. The molecule has 0 amide bonds. The number of benzene rings is 1. The highest BCUT2D eigenvalue weighted by Gasteiger charge is 2.09. The van der Waals surface area contributed by atoms with Gasteiger partial charge < -0.3 is 9.47 Å². The van der Waals surface area contributed by atoms with E-state index in [4.69, 9.17) is 9.47 Å². The minimum Gasteiger partial charge on any atom is -0.482 e. The topological polar surface area (TPSA) is 48.4 Å². The smallest absolute Gasteiger partial charge is 0.226 e. The lowest BCUT2D eigenvalue weighted by Crippen LogP contribution is -2.18. The van der Waals surface area contributed by atoms with E-state index in [9.17, 15) is 4.79 Å². The summed E-state index contributed by atoms with van der Waals surface area (Å²) < 4.78 is 10.9. The zero-order valence-corrected chi connectivity index (χ0v) is 11.2. The van der Waals surface area contributed by atoms with Crippen molar-refractivity contribution in [1.29, 1.82) is 0 Å². The number of hydrogen-bond donors (Lipinski definition) is 1. The van der Waals surface area contributed by atoms with Crippen LogP contribution in [0.2, 0.25) is 0 Å². The Kier molecular flexibility index (Phi) is 4.41. The average Bonchev–Trinajstić information content (AvgIpc) is 2.42. The van der Waals surface area contributed by atoms with Crippen LogP contribution in [0.25, 0.3) is 0 Å². The van der Waals surface area contributed by atoms with Crippen molar-refractivity contribution >= 4 is 17.7 Å². The summed E-state index contributed by atoms with van der Waals surface area (Å²) >= 11 is 3.71. The van der Waals surface area contributed by atoms with E-state index in [1.54, 1.807) is 43.5 Å². The molecule has 0 bridgehead atoms. The third-order valence-electron chi connectivity index (χ3n) is 2.34. The number of carbonyl (C=O) groups excluding carboxylic acids is 1. The van der Waals surface area contributed by atoms with Crippen LogP contribution in [0.3, 0.4) is 0 Å². The van der Waals surface area contributed by atoms with Crippen molar-refractivity contribution in [3.63, 3.8) is 0 Å². The molecule has 0 N–H and O–H groups in total. The molecule has 0 fully saturated rings. The van der Waals surface area contributed by atoms with E-state index in [-0.39, 0.29) is 5.12 Å². The predicted octanol–water partition coefficient (Wildman–Crippen LogP) is 3.10. The predicted molar refractivity (Wildman–Crippen MR) is 74.8 cm³/mol. The van der Waals surface area contributed by atoms with Crippen molar-refractivity contribution in [2.24, 2.45) is 0 Å². The van der Waals surface area contributed by atoms with E-state index in [1.165, 1.54) is 0 Å². The highest BCUT2D eigenvalue weighted by atomic mass is 32.1. The highest BCUT2D eigenvalue weighted by Crippen LogP contribution is 2.22. The normalized spacial score (nSPS) is 11.7. The number of carbonyl (C=O) groups is 1. The number of thiol groups is 1. The minimum absolute atomic E-state index is 0.311. The van der Waals surface area contributed by atoms with E-state index in [2.05, 4.69) is 17.6 Å². The van der Waals surface area contributed by atoms with Crippen LogP contribution in [-0.4, -0.2) is 16.2 Å². The number of pyridine rings is 1. The quantitative estimate of drug-likeness (QED) is 0.852. The lowest BCUT2D eigenvalue weighted by molar-refractivity contribution is -0.116. The monoisotopic (exact) mass is 275 g/mol. The molecule has 0 aliphatic heterocycles. The summed E-state index contributed by atoms with van der Waals surface area (Å²) in [6.07, 6.45) is 1.08. The molecule has 1 aromatic heterocycles. The van der Waals surface area contributed by atoms with Gasteiger partial charge in [-0.05, 0) is 37.3 Å². The number of hydrogen-bond acceptors (Lipinski definition) is 4. The molecule has 0 radical (unpaired) electrons. The van der Waals surface area contributed by atoms with Gasteiger partial charge in [0.1, 0.15) is 11.5 Å². The van der Waals surface area contributed by atoms with Gasteiger partial charge in [0.15, 0.2) is 6.10 Å². The van der Waals surface area contributed by atoms with Crippen molar-refractivity contribution in [3.8, 4) is 17.4 Å². The molecule has 5 heteroatoms. The van der Waals surface area contributed by atoms with Gasteiger partial charge >= 0.3 is 0 Å². The standard InChI is InChI=1S/C14H13NO3S/c1-10(14(16)19)17-11-5-7-12(8-6-11)18-13-4-2-3-9-15-13/h2-10H,1H3,(H,16,19). The minimum atomic E-state index is -0.578.